The van der Waals surface area contributed by atoms with Gasteiger partial charge in [0.2, 0.25) is 12.7 Å². The third kappa shape index (κ3) is 2.93. The van der Waals surface area contributed by atoms with Gasteiger partial charge in [0.05, 0.1) is 11.3 Å². The molecule has 116 valence electrons. The predicted molar refractivity (Wildman–Crippen MR) is 80.7 cm³/mol. The van der Waals surface area contributed by atoms with Crippen LogP contribution in [0.5, 0.6) is 11.5 Å². The highest BCUT2D eigenvalue weighted by Gasteiger charge is 2.21. The molecule has 3 rings (SSSR count). The van der Waals surface area contributed by atoms with Crippen LogP contribution >= 0.6 is 11.3 Å². The number of sulfonamides is 1. The normalized spacial score (nSPS) is 13.1. The highest BCUT2D eigenvalue weighted by molar-refractivity contribution is 7.90. The first-order valence-corrected chi connectivity index (χ1v) is 8.85. The molecular formula is C14H13NO5S2. The number of aryl methyl sites for hydroxylation is 1. The smallest absolute Gasteiger partial charge is 0.264 e. The highest BCUT2D eigenvalue weighted by Crippen LogP contribution is 2.34. The van der Waals surface area contributed by atoms with E-state index in [-0.39, 0.29) is 18.1 Å². The van der Waals surface area contributed by atoms with Crippen molar-refractivity contribution in [2.75, 3.05) is 6.79 Å². The average molecular weight is 339 g/mol. The van der Waals surface area contributed by atoms with Crippen LogP contribution in [0.4, 0.5) is 0 Å². The largest absolute Gasteiger partial charge is 0.454 e. The highest BCUT2D eigenvalue weighted by atomic mass is 32.2. The zero-order valence-corrected chi connectivity index (χ0v) is 13.3. The summed E-state index contributed by atoms with van der Waals surface area (Å²) in [6.07, 6.45) is -0.0498. The summed E-state index contributed by atoms with van der Waals surface area (Å²) in [5, 5.41) is 3.11. The van der Waals surface area contributed by atoms with Gasteiger partial charge in [-0.1, -0.05) is 0 Å². The number of benzene rings is 1. The van der Waals surface area contributed by atoms with Crippen LogP contribution in [0, 0.1) is 6.92 Å². The van der Waals surface area contributed by atoms with E-state index in [1.807, 2.05) is 6.92 Å². The summed E-state index contributed by atoms with van der Waals surface area (Å²) in [6.45, 7) is 1.98. The number of carbonyl (C=O) groups excluding carboxylic acids is 1. The van der Waals surface area contributed by atoms with Gasteiger partial charge in [0.1, 0.15) is 0 Å². The number of carbonyl (C=O) groups is 1. The molecule has 0 unspecified atom stereocenters. The van der Waals surface area contributed by atoms with Crippen molar-refractivity contribution in [1.82, 2.24) is 4.72 Å². The third-order valence-corrected chi connectivity index (χ3v) is 5.44. The molecule has 0 fully saturated rings. The Bertz CT molecular complexity index is 812. The molecule has 0 atom stereocenters. The molecule has 0 spiro atoms. The molecule has 0 saturated heterocycles. The van der Waals surface area contributed by atoms with E-state index in [0.717, 1.165) is 5.56 Å². The lowest BCUT2D eigenvalue weighted by Crippen LogP contribution is -2.31. The van der Waals surface area contributed by atoms with Crippen LogP contribution in [-0.4, -0.2) is 21.1 Å². The molecule has 8 heteroatoms. The Morgan fingerprint density at radius 1 is 1.32 bits per heavy atom. The van der Waals surface area contributed by atoms with E-state index in [4.69, 9.17) is 9.47 Å². The van der Waals surface area contributed by atoms with Crippen LogP contribution in [0.25, 0.3) is 0 Å². The topological polar surface area (TPSA) is 81.7 Å². The minimum atomic E-state index is -3.81. The van der Waals surface area contributed by atoms with Gasteiger partial charge < -0.3 is 9.47 Å². The second-order valence-electron chi connectivity index (χ2n) is 4.80. The van der Waals surface area contributed by atoms with E-state index in [0.29, 0.717) is 17.1 Å². The maximum Gasteiger partial charge on any atom is 0.264 e. The number of rotatable bonds is 4. The SMILES string of the molecule is Cc1cc2c(cc1CC(=O)NS(=O)(=O)c1ccsc1)OCO2. The molecule has 1 aromatic heterocycles. The van der Waals surface area contributed by atoms with Crippen molar-refractivity contribution >= 4 is 27.3 Å². The number of hydrogen-bond donors (Lipinski definition) is 1. The van der Waals surface area contributed by atoms with Gasteiger partial charge in [0, 0.05) is 5.38 Å². The fraction of sp³-hybridized carbons (Fsp3) is 0.214. The number of fused-ring (bicyclic) bond motifs is 1. The monoisotopic (exact) mass is 339 g/mol. The number of ether oxygens (including phenoxy) is 2. The second kappa shape index (κ2) is 5.62. The third-order valence-electron chi connectivity index (χ3n) is 3.24. The molecule has 2 aromatic rings. The zero-order valence-electron chi connectivity index (χ0n) is 11.7. The van der Waals surface area contributed by atoms with Crippen LogP contribution in [0.3, 0.4) is 0 Å². The summed E-state index contributed by atoms with van der Waals surface area (Å²) in [4.78, 5) is 12.1. The maximum atomic E-state index is 12.0. The van der Waals surface area contributed by atoms with Gasteiger partial charge in [-0.05, 0) is 41.6 Å². The lowest BCUT2D eigenvalue weighted by Gasteiger charge is -2.08. The lowest BCUT2D eigenvalue weighted by molar-refractivity contribution is -0.118. The van der Waals surface area contributed by atoms with Gasteiger partial charge in [-0.25, -0.2) is 13.1 Å². The first-order chi connectivity index (χ1) is 10.5. The van der Waals surface area contributed by atoms with Gasteiger partial charge in [-0.2, -0.15) is 11.3 Å². The summed E-state index contributed by atoms with van der Waals surface area (Å²) in [7, 11) is -3.81. The van der Waals surface area contributed by atoms with Crippen LogP contribution in [0.1, 0.15) is 11.1 Å². The number of amides is 1. The fourth-order valence-electron chi connectivity index (χ4n) is 2.10. The van der Waals surface area contributed by atoms with Crippen LogP contribution in [-0.2, 0) is 21.2 Å². The summed E-state index contributed by atoms with van der Waals surface area (Å²) < 4.78 is 36.6. The molecule has 1 N–H and O–H groups in total. The van der Waals surface area contributed by atoms with Crippen molar-refractivity contribution in [3.05, 3.63) is 40.1 Å². The molecule has 0 aliphatic carbocycles. The van der Waals surface area contributed by atoms with Crippen molar-refractivity contribution in [2.45, 2.75) is 18.2 Å². The molecule has 2 heterocycles. The number of thiophene rings is 1. The first kappa shape index (κ1) is 14.9. The molecule has 1 amide bonds. The van der Waals surface area contributed by atoms with Crippen molar-refractivity contribution in [1.29, 1.82) is 0 Å². The zero-order chi connectivity index (χ0) is 15.7. The van der Waals surface area contributed by atoms with E-state index >= 15 is 0 Å². The minimum Gasteiger partial charge on any atom is -0.454 e. The van der Waals surface area contributed by atoms with Crippen LogP contribution in [0.15, 0.2) is 33.9 Å². The molecule has 1 aliphatic rings. The van der Waals surface area contributed by atoms with Gasteiger partial charge in [0.25, 0.3) is 10.0 Å². The first-order valence-electron chi connectivity index (χ1n) is 6.43. The van der Waals surface area contributed by atoms with E-state index < -0.39 is 15.9 Å². The Hall–Kier alpha value is -2.06. The molecule has 0 radical (unpaired) electrons. The van der Waals surface area contributed by atoms with Gasteiger partial charge in [-0.3, -0.25) is 4.79 Å². The maximum absolute atomic E-state index is 12.0. The summed E-state index contributed by atoms with van der Waals surface area (Å²) in [6, 6.07) is 4.93. The van der Waals surface area contributed by atoms with E-state index in [1.54, 1.807) is 17.5 Å². The van der Waals surface area contributed by atoms with Gasteiger partial charge in [-0.15, -0.1) is 0 Å². The Morgan fingerprint density at radius 2 is 2.05 bits per heavy atom. The Kier molecular flexibility index (Phi) is 3.79. The number of nitrogens with one attached hydrogen (secondary N) is 1. The average Bonchev–Trinajstić information content (AvgIpc) is 3.08. The molecular weight excluding hydrogens is 326 g/mol. The Balaban J connectivity index is 1.75. The van der Waals surface area contributed by atoms with E-state index in [1.165, 1.54) is 22.8 Å². The van der Waals surface area contributed by atoms with Crippen molar-refractivity contribution in [2.24, 2.45) is 0 Å². The summed E-state index contributed by atoms with van der Waals surface area (Å²) in [5.74, 6) is 0.606. The summed E-state index contributed by atoms with van der Waals surface area (Å²) in [5.41, 5.74) is 1.54. The van der Waals surface area contributed by atoms with Crippen molar-refractivity contribution in [3.8, 4) is 11.5 Å². The number of hydrogen-bond acceptors (Lipinski definition) is 6. The Labute approximate surface area is 131 Å². The van der Waals surface area contributed by atoms with Crippen LogP contribution in [0.2, 0.25) is 0 Å². The predicted octanol–water partition coefficient (Wildman–Crippen LogP) is 1.83. The lowest BCUT2D eigenvalue weighted by atomic mass is 10.0. The van der Waals surface area contributed by atoms with Gasteiger partial charge in [0.15, 0.2) is 11.5 Å². The Morgan fingerprint density at radius 3 is 2.73 bits per heavy atom. The van der Waals surface area contributed by atoms with E-state index in [9.17, 15) is 13.2 Å². The molecule has 1 aromatic carbocycles. The molecule has 1 aliphatic heterocycles. The quantitative estimate of drug-likeness (QED) is 0.919. The van der Waals surface area contributed by atoms with Crippen molar-refractivity contribution in [3.63, 3.8) is 0 Å². The van der Waals surface area contributed by atoms with Crippen LogP contribution < -0.4 is 14.2 Å². The fourth-order valence-corrected chi connectivity index (χ4v) is 4.11. The van der Waals surface area contributed by atoms with Crippen molar-refractivity contribution < 1.29 is 22.7 Å². The molecule has 0 saturated carbocycles. The molecule has 22 heavy (non-hydrogen) atoms. The molecule has 6 nitrogen and oxygen atoms in total. The van der Waals surface area contributed by atoms with E-state index in [2.05, 4.69) is 4.72 Å². The second-order valence-corrected chi connectivity index (χ2v) is 7.26. The minimum absolute atomic E-state index is 0.0498. The standard InChI is InChI=1S/C14H13NO5S2/c1-9-4-12-13(20-8-19-12)5-10(9)6-14(16)15-22(17,18)11-2-3-21-7-11/h2-5,7H,6,8H2,1H3,(H,15,16). The van der Waals surface area contributed by atoms with Gasteiger partial charge >= 0.3 is 0 Å². The summed E-state index contributed by atoms with van der Waals surface area (Å²) >= 11 is 1.25. The molecule has 0 bridgehead atoms.